The van der Waals surface area contributed by atoms with Crippen LogP contribution < -0.4 is 9.47 Å². The van der Waals surface area contributed by atoms with E-state index in [4.69, 9.17) is 4.74 Å². The molecule has 5 rings (SSSR count). The van der Waals surface area contributed by atoms with Gasteiger partial charge >= 0.3 is 6.36 Å². The number of benzene rings is 3. The van der Waals surface area contributed by atoms with E-state index in [1.807, 2.05) is 27.7 Å². The van der Waals surface area contributed by atoms with Crippen LogP contribution in [0.25, 0.3) is 16.7 Å². The molecule has 1 atom stereocenters. The van der Waals surface area contributed by atoms with Gasteiger partial charge < -0.3 is 19.5 Å². The first-order valence-corrected chi connectivity index (χ1v) is 12.4. The summed E-state index contributed by atoms with van der Waals surface area (Å²) in [4.78, 5) is 21.2. The van der Waals surface area contributed by atoms with Gasteiger partial charge in [0.05, 0.1) is 11.0 Å². The Labute approximate surface area is 222 Å². The second kappa shape index (κ2) is 11.0. The van der Waals surface area contributed by atoms with Gasteiger partial charge in [-0.1, -0.05) is 12.1 Å². The van der Waals surface area contributed by atoms with Gasteiger partial charge in [-0.05, 0) is 67.1 Å². The number of aromatic nitrogens is 2. The van der Waals surface area contributed by atoms with Gasteiger partial charge in [0, 0.05) is 37.4 Å². The van der Waals surface area contributed by atoms with Crippen molar-refractivity contribution < 1.29 is 32.5 Å². The topological polar surface area (TPSA) is 80.1 Å². The maximum atomic E-state index is 13.0. The standard InChI is InChI=1S/C28H27F3N4O4/c1-19(36)33-12-14-34(15-13-33)27(37)21-4-11-26-25(16-21)32-18-35(26)22-5-9-23(10-6-22)38-17-20-2-7-24(8-3-20)39-28(29,30)31/h2-11,16,18-19,36H,12-15,17H2,1H3. The molecule has 204 valence electrons. The molecule has 11 heteroatoms. The zero-order chi connectivity index (χ0) is 27.6. The number of fused-ring (bicyclic) bond motifs is 1. The predicted octanol–water partition coefficient (Wildman–Crippen LogP) is 4.60. The number of hydrogen-bond acceptors (Lipinski definition) is 6. The van der Waals surface area contributed by atoms with Crippen LogP contribution in [0.4, 0.5) is 13.2 Å². The molecule has 4 aromatic rings. The zero-order valence-corrected chi connectivity index (χ0v) is 21.1. The third-order valence-corrected chi connectivity index (χ3v) is 6.60. The van der Waals surface area contributed by atoms with E-state index < -0.39 is 12.6 Å². The fraction of sp³-hybridized carbons (Fsp3) is 0.286. The number of alkyl halides is 3. The van der Waals surface area contributed by atoms with Crippen LogP contribution in [0, 0.1) is 0 Å². The average Bonchev–Trinajstić information content (AvgIpc) is 3.35. The van der Waals surface area contributed by atoms with Crippen molar-refractivity contribution >= 4 is 16.9 Å². The molecule has 0 saturated carbocycles. The van der Waals surface area contributed by atoms with Crippen LogP contribution in [0.2, 0.25) is 0 Å². The van der Waals surface area contributed by atoms with E-state index in [0.29, 0.717) is 48.6 Å². The summed E-state index contributed by atoms with van der Waals surface area (Å²) < 4.78 is 48.5. The summed E-state index contributed by atoms with van der Waals surface area (Å²) >= 11 is 0. The molecule has 3 aromatic carbocycles. The van der Waals surface area contributed by atoms with Crippen LogP contribution in [-0.2, 0) is 6.61 Å². The Morgan fingerprint density at radius 2 is 1.64 bits per heavy atom. The molecule has 1 unspecified atom stereocenters. The summed E-state index contributed by atoms with van der Waals surface area (Å²) in [5, 5.41) is 9.73. The number of carbonyl (C=O) groups is 1. The van der Waals surface area contributed by atoms with Crippen molar-refractivity contribution in [3.05, 3.63) is 84.2 Å². The van der Waals surface area contributed by atoms with Gasteiger partial charge in [0.1, 0.15) is 30.7 Å². The number of ether oxygens (including phenoxy) is 2. The minimum atomic E-state index is -4.73. The Bertz CT molecular complexity index is 1430. The number of amides is 1. The third kappa shape index (κ3) is 6.32. The quantitative estimate of drug-likeness (QED) is 0.369. The van der Waals surface area contributed by atoms with Gasteiger partial charge in [-0.2, -0.15) is 0 Å². The monoisotopic (exact) mass is 540 g/mol. The normalized spacial score (nSPS) is 15.4. The van der Waals surface area contributed by atoms with Crippen LogP contribution in [0.1, 0.15) is 22.8 Å². The van der Waals surface area contributed by atoms with Gasteiger partial charge in [0.25, 0.3) is 5.91 Å². The molecule has 1 aromatic heterocycles. The lowest BCUT2D eigenvalue weighted by Gasteiger charge is -2.36. The first kappa shape index (κ1) is 26.5. The SMILES string of the molecule is CC(O)N1CCN(C(=O)c2ccc3c(c2)ncn3-c2ccc(OCc3ccc(OC(F)(F)F)cc3)cc2)CC1. The van der Waals surface area contributed by atoms with Crippen molar-refractivity contribution in [2.75, 3.05) is 26.2 Å². The summed E-state index contributed by atoms with van der Waals surface area (Å²) in [6, 6.07) is 18.3. The van der Waals surface area contributed by atoms with Crippen LogP contribution >= 0.6 is 0 Å². The fourth-order valence-corrected chi connectivity index (χ4v) is 4.49. The largest absolute Gasteiger partial charge is 0.573 e. The minimum Gasteiger partial charge on any atom is -0.489 e. The Morgan fingerprint density at radius 3 is 2.28 bits per heavy atom. The predicted molar refractivity (Wildman–Crippen MR) is 138 cm³/mol. The lowest BCUT2D eigenvalue weighted by molar-refractivity contribution is -0.274. The second-order valence-corrected chi connectivity index (χ2v) is 9.25. The van der Waals surface area contributed by atoms with Crippen molar-refractivity contribution in [3.63, 3.8) is 0 Å². The highest BCUT2D eigenvalue weighted by molar-refractivity contribution is 5.97. The summed E-state index contributed by atoms with van der Waals surface area (Å²) in [5.74, 6) is 0.262. The Hall–Kier alpha value is -4.09. The Morgan fingerprint density at radius 1 is 0.974 bits per heavy atom. The first-order valence-electron chi connectivity index (χ1n) is 12.4. The van der Waals surface area contributed by atoms with E-state index in [-0.39, 0.29) is 18.3 Å². The molecule has 1 saturated heterocycles. The molecule has 1 fully saturated rings. The van der Waals surface area contributed by atoms with Gasteiger partial charge in [-0.15, -0.1) is 13.2 Å². The van der Waals surface area contributed by atoms with Crippen LogP contribution in [0.3, 0.4) is 0 Å². The molecule has 1 N–H and O–H groups in total. The number of carbonyl (C=O) groups excluding carboxylic acids is 1. The lowest BCUT2D eigenvalue weighted by Crippen LogP contribution is -2.51. The van der Waals surface area contributed by atoms with Gasteiger partial charge in [0.2, 0.25) is 0 Å². The van der Waals surface area contributed by atoms with Gasteiger partial charge in [-0.25, -0.2) is 4.98 Å². The third-order valence-electron chi connectivity index (χ3n) is 6.60. The average molecular weight is 541 g/mol. The summed E-state index contributed by atoms with van der Waals surface area (Å²) in [6.07, 6.45) is -3.55. The lowest BCUT2D eigenvalue weighted by atomic mass is 10.1. The molecule has 0 bridgehead atoms. The Kier molecular flexibility index (Phi) is 7.45. The highest BCUT2D eigenvalue weighted by Gasteiger charge is 2.31. The number of hydrogen-bond donors (Lipinski definition) is 1. The number of aliphatic hydroxyl groups is 1. The minimum absolute atomic E-state index is 0.0549. The van der Waals surface area contributed by atoms with E-state index >= 15 is 0 Å². The maximum Gasteiger partial charge on any atom is 0.573 e. The van der Waals surface area contributed by atoms with Crippen LogP contribution in [0.15, 0.2) is 73.1 Å². The molecular formula is C28H27F3N4O4. The number of aliphatic hydroxyl groups excluding tert-OH is 1. The number of halogens is 3. The van der Waals surface area contributed by atoms with E-state index in [1.54, 1.807) is 42.4 Å². The summed E-state index contributed by atoms with van der Waals surface area (Å²) in [5.41, 5.74) is 3.67. The number of rotatable bonds is 7. The molecule has 2 heterocycles. The second-order valence-electron chi connectivity index (χ2n) is 9.25. The summed E-state index contributed by atoms with van der Waals surface area (Å²) in [6.45, 7) is 4.28. The van der Waals surface area contributed by atoms with E-state index in [9.17, 15) is 23.1 Å². The van der Waals surface area contributed by atoms with E-state index in [1.165, 1.54) is 24.3 Å². The fourth-order valence-electron chi connectivity index (χ4n) is 4.49. The molecule has 1 aliphatic rings. The van der Waals surface area contributed by atoms with Gasteiger partial charge in [0.15, 0.2) is 0 Å². The molecule has 1 aliphatic heterocycles. The molecule has 8 nitrogen and oxygen atoms in total. The molecule has 0 aliphatic carbocycles. The molecule has 1 amide bonds. The molecule has 39 heavy (non-hydrogen) atoms. The number of nitrogens with zero attached hydrogens (tertiary/aromatic N) is 4. The zero-order valence-electron chi connectivity index (χ0n) is 21.1. The van der Waals surface area contributed by atoms with E-state index in [0.717, 1.165) is 11.2 Å². The number of imidazole rings is 1. The van der Waals surface area contributed by atoms with E-state index in [2.05, 4.69) is 9.72 Å². The molecule has 0 spiro atoms. The van der Waals surface area contributed by atoms with Crippen molar-refractivity contribution in [2.45, 2.75) is 26.1 Å². The first-order chi connectivity index (χ1) is 18.7. The molecule has 0 radical (unpaired) electrons. The highest BCUT2D eigenvalue weighted by Crippen LogP contribution is 2.25. The van der Waals surface area contributed by atoms with Crippen molar-refractivity contribution in [1.29, 1.82) is 0 Å². The highest BCUT2D eigenvalue weighted by atomic mass is 19.4. The van der Waals surface area contributed by atoms with Crippen LogP contribution in [-0.4, -0.2) is 69.1 Å². The molecular weight excluding hydrogens is 513 g/mol. The summed E-state index contributed by atoms with van der Waals surface area (Å²) in [7, 11) is 0. The van der Waals surface area contributed by atoms with Crippen LogP contribution in [0.5, 0.6) is 11.5 Å². The maximum absolute atomic E-state index is 13.0. The number of piperazine rings is 1. The van der Waals surface area contributed by atoms with Crippen molar-refractivity contribution in [3.8, 4) is 17.2 Å². The van der Waals surface area contributed by atoms with Gasteiger partial charge in [-0.3, -0.25) is 14.3 Å². The smallest absolute Gasteiger partial charge is 0.489 e. The van der Waals surface area contributed by atoms with Crippen molar-refractivity contribution in [2.24, 2.45) is 0 Å². The Balaban J connectivity index is 1.21. The van der Waals surface area contributed by atoms with Crippen molar-refractivity contribution in [1.82, 2.24) is 19.4 Å².